The van der Waals surface area contributed by atoms with Crippen LogP contribution in [0.1, 0.15) is 59.9 Å². The molecule has 1 heterocycles. The van der Waals surface area contributed by atoms with Crippen LogP contribution >= 0.6 is 0 Å². The first-order valence-electron chi connectivity index (χ1n) is 11.9. The minimum absolute atomic E-state index is 0.224. The molecule has 184 valence electrons. The largest absolute Gasteiger partial charge is 0.461 e. The smallest absolute Gasteiger partial charge is 0.444 e. The van der Waals surface area contributed by atoms with Gasteiger partial charge in [-0.15, -0.1) is 0 Å². The number of carbonyl (C=O) groups excluding carboxylic acids is 1. The van der Waals surface area contributed by atoms with Crippen molar-refractivity contribution >= 4 is 13.2 Å². The number of hydrogen-bond acceptors (Lipinski definition) is 6. The number of benzene rings is 1. The maximum absolute atomic E-state index is 12.8. The van der Waals surface area contributed by atoms with Crippen molar-refractivity contribution in [2.45, 2.75) is 84.8 Å². The summed E-state index contributed by atoms with van der Waals surface area (Å²) in [4.78, 5) is 14.4. The van der Waals surface area contributed by atoms with Crippen LogP contribution in [0.15, 0.2) is 42.6 Å². The van der Waals surface area contributed by atoms with E-state index in [0.717, 1.165) is 5.56 Å². The third kappa shape index (κ3) is 8.78. The third-order valence-corrected chi connectivity index (χ3v) is 5.90. The molecule has 1 aliphatic rings. The SMILES string of the molecule is CCOC(CCCN(/C=C/CB1OC(C)(C)C(C)(C)O1)C(=O)OCc1ccccc1)OCC. The summed E-state index contributed by atoms with van der Waals surface area (Å²) in [5.41, 5.74) is 0.181. The minimum atomic E-state index is -0.395. The summed E-state index contributed by atoms with van der Waals surface area (Å²) in [6.07, 6.45) is 4.93. The maximum Gasteiger partial charge on any atom is 0.461 e. The van der Waals surface area contributed by atoms with Crippen molar-refractivity contribution < 1.29 is 28.3 Å². The first-order valence-corrected chi connectivity index (χ1v) is 11.9. The Labute approximate surface area is 199 Å². The number of rotatable bonds is 13. The van der Waals surface area contributed by atoms with Gasteiger partial charge in [-0.2, -0.15) is 0 Å². The van der Waals surface area contributed by atoms with Gasteiger partial charge in [0.15, 0.2) is 6.29 Å². The number of ether oxygens (including phenoxy) is 3. The average molecular weight is 461 g/mol. The van der Waals surface area contributed by atoms with Crippen molar-refractivity contribution in [2.75, 3.05) is 19.8 Å². The first kappa shape index (κ1) is 27.4. The number of allylic oxidation sites excluding steroid dienone is 1. The Hall–Kier alpha value is -1.87. The molecule has 0 aliphatic carbocycles. The monoisotopic (exact) mass is 461 g/mol. The molecule has 0 N–H and O–H groups in total. The van der Waals surface area contributed by atoms with E-state index in [2.05, 4.69) is 0 Å². The van der Waals surface area contributed by atoms with E-state index < -0.39 is 6.09 Å². The second-order valence-electron chi connectivity index (χ2n) is 9.02. The summed E-state index contributed by atoms with van der Waals surface area (Å²) in [5, 5.41) is 0. The van der Waals surface area contributed by atoms with Gasteiger partial charge in [0.25, 0.3) is 0 Å². The van der Waals surface area contributed by atoms with Crippen molar-refractivity contribution in [2.24, 2.45) is 0 Å². The average Bonchev–Trinajstić information content (AvgIpc) is 2.98. The molecule has 1 aromatic rings. The van der Waals surface area contributed by atoms with Crippen molar-refractivity contribution in [1.29, 1.82) is 0 Å². The maximum atomic E-state index is 12.8. The lowest BCUT2D eigenvalue weighted by Crippen LogP contribution is -2.41. The highest BCUT2D eigenvalue weighted by Gasteiger charge is 2.50. The molecule has 0 spiro atoms. The quantitative estimate of drug-likeness (QED) is 0.289. The molecule has 1 aromatic carbocycles. The lowest BCUT2D eigenvalue weighted by atomic mass is 9.85. The Kier molecular flexibility index (Phi) is 10.9. The summed E-state index contributed by atoms with van der Waals surface area (Å²) in [6, 6.07) is 9.64. The zero-order chi connectivity index (χ0) is 24.3. The molecular formula is C25H40BNO6. The van der Waals surface area contributed by atoms with Crippen LogP contribution in [-0.4, -0.2) is 55.4 Å². The molecule has 2 rings (SSSR count). The van der Waals surface area contributed by atoms with E-state index >= 15 is 0 Å². The molecule has 0 saturated carbocycles. The van der Waals surface area contributed by atoms with Crippen molar-refractivity contribution in [1.82, 2.24) is 4.90 Å². The third-order valence-electron chi connectivity index (χ3n) is 5.90. The van der Waals surface area contributed by atoms with Crippen molar-refractivity contribution in [3.05, 3.63) is 48.2 Å². The number of amides is 1. The Bertz CT molecular complexity index is 718. The Morgan fingerprint density at radius 3 is 2.24 bits per heavy atom. The van der Waals surface area contributed by atoms with Gasteiger partial charge in [0.1, 0.15) is 6.61 Å². The molecule has 0 radical (unpaired) electrons. The predicted octanol–water partition coefficient (Wildman–Crippen LogP) is 5.41. The van der Waals surface area contributed by atoms with Crippen LogP contribution in [0.2, 0.25) is 6.32 Å². The van der Waals surface area contributed by atoms with Gasteiger partial charge in [0.2, 0.25) is 0 Å². The van der Waals surface area contributed by atoms with Gasteiger partial charge in [-0.3, -0.25) is 4.90 Å². The molecule has 33 heavy (non-hydrogen) atoms. The van der Waals surface area contributed by atoms with Gasteiger partial charge in [-0.05, 0) is 53.5 Å². The van der Waals surface area contributed by atoms with Crippen LogP contribution < -0.4 is 0 Å². The second kappa shape index (κ2) is 13.1. The van der Waals surface area contributed by atoms with E-state index in [1.54, 1.807) is 11.1 Å². The van der Waals surface area contributed by atoms with Crippen LogP contribution in [0.5, 0.6) is 0 Å². The van der Waals surface area contributed by atoms with E-state index in [9.17, 15) is 4.79 Å². The molecule has 1 saturated heterocycles. The number of hydrogen-bond donors (Lipinski definition) is 0. The lowest BCUT2D eigenvalue weighted by molar-refractivity contribution is -0.140. The predicted molar refractivity (Wildman–Crippen MR) is 130 cm³/mol. The molecule has 0 atom stereocenters. The summed E-state index contributed by atoms with van der Waals surface area (Å²) < 4.78 is 28.8. The zero-order valence-corrected chi connectivity index (χ0v) is 21.0. The van der Waals surface area contributed by atoms with E-state index in [0.29, 0.717) is 38.9 Å². The standard InChI is InChI=1S/C25H40BNO6/c1-7-29-22(30-8-2)16-12-18-27(23(28)31-20-21-14-10-9-11-15-21)19-13-17-26-32-24(3,4)25(5,6)33-26/h9-11,13-15,19,22H,7-8,12,16-18,20H2,1-6H3/b19-13+. The molecular weight excluding hydrogens is 421 g/mol. The minimum Gasteiger partial charge on any atom is -0.444 e. The topological polar surface area (TPSA) is 66.5 Å². The van der Waals surface area contributed by atoms with Crippen LogP contribution in [0.3, 0.4) is 0 Å². The highest BCUT2D eigenvalue weighted by molar-refractivity contribution is 6.46. The summed E-state index contributed by atoms with van der Waals surface area (Å²) in [5.74, 6) is 0. The van der Waals surface area contributed by atoms with Crippen molar-refractivity contribution in [3.63, 3.8) is 0 Å². The second-order valence-corrected chi connectivity index (χ2v) is 9.02. The van der Waals surface area contributed by atoms with Gasteiger partial charge >= 0.3 is 13.2 Å². The molecule has 8 heteroatoms. The van der Waals surface area contributed by atoms with Crippen LogP contribution in [-0.2, 0) is 30.1 Å². The molecule has 7 nitrogen and oxygen atoms in total. The zero-order valence-electron chi connectivity index (χ0n) is 21.0. The molecule has 0 unspecified atom stereocenters. The number of nitrogens with zero attached hydrogens (tertiary/aromatic N) is 1. The fraction of sp³-hybridized carbons (Fsp3) is 0.640. The van der Waals surface area contributed by atoms with E-state index in [-0.39, 0.29) is 31.2 Å². The van der Waals surface area contributed by atoms with E-state index in [4.69, 9.17) is 23.5 Å². The Balaban J connectivity index is 1.95. The fourth-order valence-corrected chi connectivity index (χ4v) is 3.40. The van der Waals surface area contributed by atoms with Gasteiger partial charge in [-0.1, -0.05) is 36.4 Å². The van der Waals surface area contributed by atoms with Crippen LogP contribution in [0.4, 0.5) is 4.79 Å². The number of carbonyl (C=O) groups is 1. The highest BCUT2D eigenvalue weighted by Crippen LogP contribution is 2.37. The van der Waals surface area contributed by atoms with Gasteiger partial charge in [-0.25, -0.2) is 4.79 Å². The molecule has 0 bridgehead atoms. The Morgan fingerprint density at radius 1 is 1.06 bits per heavy atom. The van der Waals surface area contributed by atoms with Crippen LogP contribution in [0, 0.1) is 0 Å². The van der Waals surface area contributed by atoms with Crippen molar-refractivity contribution in [3.8, 4) is 0 Å². The first-order chi connectivity index (χ1) is 15.7. The normalized spacial score (nSPS) is 17.1. The van der Waals surface area contributed by atoms with Gasteiger partial charge in [0, 0.05) is 38.7 Å². The lowest BCUT2D eigenvalue weighted by Gasteiger charge is -2.32. The molecule has 1 amide bonds. The van der Waals surface area contributed by atoms with E-state index in [1.165, 1.54) is 0 Å². The molecule has 1 fully saturated rings. The highest BCUT2D eigenvalue weighted by atomic mass is 16.7. The summed E-state index contributed by atoms with van der Waals surface area (Å²) in [7, 11) is -0.353. The summed E-state index contributed by atoms with van der Waals surface area (Å²) >= 11 is 0. The molecule has 0 aromatic heterocycles. The van der Waals surface area contributed by atoms with Gasteiger partial charge in [0.05, 0.1) is 11.2 Å². The molecule has 1 aliphatic heterocycles. The fourth-order valence-electron chi connectivity index (χ4n) is 3.40. The Morgan fingerprint density at radius 2 is 1.67 bits per heavy atom. The van der Waals surface area contributed by atoms with Gasteiger partial charge < -0.3 is 23.5 Å². The van der Waals surface area contributed by atoms with E-state index in [1.807, 2.05) is 78.0 Å². The van der Waals surface area contributed by atoms with Crippen LogP contribution in [0.25, 0.3) is 0 Å². The summed E-state index contributed by atoms with van der Waals surface area (Å²) in [6.45, 7) is 13.9.